The van der Waals surface area contributed by atoms with Crippen molar-refractivity contribution in [3.63, 3.8) is 0 Å². The highest BCUT2D eigenvalue weighted by molar-refractivity contribution is 5.79. The Labute approximate surface area is 126 Å². The molecule has 0 aromatic rings. The van der Waals surface area contributed by atoms with Gasteiger partial charge in [0.25, 0.3) is 0 Å². The summed E-state index contributed by atoms with van der Waals surface area (Å²) in [6.45, 7) is 6.72. The third-order valence-corrected chi connectivity index (χ3v) is 4.89. The van der Waals surface area contributed by atoms with E-state index in [0.717, 1.165) is 26.1 Å². The standard InChI is InChI=1S/C15H27N3O3/c1-3-13-10-17(9-8-16(13)2)11-14(19)18-6-4-12(5-7-18)15(20)21/h12-13H,3-11H2,1-2H3,(H,20,21). The third-order valence-electron chi connectivity index (χ3n) is 4.89. The van der Waals surface area contributed by atoms with Crippen LogP contribution in [0.25, 0.3) is 0 Å². The van der Waals surface area contributed by atoms with Crippen LogP contribution in [-0.2, 0) is 9.59 Å². The maximum Gasteiger partial charge on any atom is 0.306 e. The Balaban J connectivity index is 1.78. The molecule has 6 nitrogen and oxygen atoms in total. The molecule has 0 aromatic heterocycles. The number of piperazine rings is 1. The highest BCUT2D eigenvalue weighted by Gasteiger charge is 2.29. The molecule has 2 saturated heterocycles. The van der Waals surface area contributed by atoms with Crippen molar-refractivity contribution in [1.29, 1.82) is 0 Å². The van der Waals surface area contributed by atoms with E-state index in [1.54, 1.807) is 0 Å². The number of aliphatic carboxylic acids is 1. The van der Waals surface area contributed by atoms with Crippen LogP contribution in [0.2, 0.25) is 0 Å². The van der Waals surface area contributed by atoms with Gasteiger partial charge in [0, 0.05) is 38.8 Å². The van der Waals surface area contributed by atoms with Crippen molar-refractivity contribution in [3.05, 3.63) is 0 Å². The molecule has 0 aromatic carbocycles. The number of piperidine rings is 1. The van der Waals surface area contributed by atoms with Gasteiger partial charge in [-0.1, -0.05) is 6.92 Å². The molecule has 1 atom stereocenters. The van der Waals surface area contributed by atoms with Crippen molar-refractivity contribution in [2.75, 3.05) is 46.3 Å². The number of nitrogens with zero attached hydrogens (tertiary/aromatic N) is 3. The average molecular weight is 297 g/mol. The van der Waals surface area contributed by atoms with Gasteiger partial charge >= 0.3 is 5.97 Å². The summed E-state index contributed by atoms with van der Waals surface area (Å²) in [4.78, 5) is 29.7. The highest BCUT2D eigenvalue weighted by atomic mass is 16.4. The zero-order chi connectivity index (χ0) is 15.4. The Hall–Kier alpha value is -1.14. The van der Waals surface area contributed by atoms with Gasteiger partial charge in [-0.3, -0.25) is 14.5 Å². The van der Waals surface area contributed by atoms with E-state index in [0.29, 0.717) is 38.5 Å². The average Bonchev–Trinajstić information content (AvgIpc) is 2.49. The fourth-order valence-electron chi connectivity index (χ4n) is 3.26. The van der Waals surface area contributed by atoms with Crippen LogP contribution < -0.4 is 0 Å². The molecule has 1 amide bonds. The van der Waals surface area contributed by atoms with Gasteiger partial charge in [-0.2, -0.15) is 0 Å². The van der Waals surface area contributed by atoms with Crippen molar-refractivity contribution in [1.82, 2.24) is 14.7 Å². The first-order valence-electron chi connectivity index (χ1n) is 7.94. The molecule has 0 saturated carbocycles. The number of rotatable bonds is 4. The van der Waals surface area contributed by atoms with E-state index in [9.17, 15) is 9.59 Å². The lowest BCUT2D eigenvalue weighted by Crippen LogP contribution is -2.54. The van der Waals surface area contributed by atoms with Gasteiger partial charge in [0.2, 0.25) is 5.91 Å². The number of amides is 1. The fourth-order valence-corrected chi connectivity index (χ4v) is 3.26. The van der Waals surface area contributed by atoms with E-state index in [1.165, 1.54) is 0 Å². The Kier molecular flexibility index (Phi) is 5.58. The first-order chi connectivity index (χ1) is 10.0. The van der Waals surface area contributed by atoms with Crippen LogP contribution >= 0.6 is 0 Å². The molecule has 0 radical (unpaired) electrons. The zero-order valence-corrected chi connectivity index (χ0v) is 13.1. The molecule has 120 valence electrons. The van der Waals surface area contributed by atoms with Crippen molar-refractivity contribution in [3.8, 4) is 0 Å². The van der Waals surface area contributed by atoms with Crippen LogP contribution in [0.5, 0.6) is 0 Å². The van der Waals surface area contributed by atoms with E-state index in [4.69, 9.17) is 5.11 Å². The summed E-state index contributed by atoms with van der Waals surface area (Å²) in [6, 6.07) is 0.532. The molecule has 21 heavy (non-hydrogen) atoms. The van der Waals surface area contributed by atoms with Crippen molar-refractivity contribution in [2.24, 2.45) is 5.92 Å². The number of carbonyl (C=O) groups excluding carboxylic acids is 1. The van der Waals surface area contributed by atoms with Gasteiger partial charge in [0.1, 0.15) is 0 Å². The lowest BCUT2D eigenvalue weighted by molar-refractivity contribution is -0.146. The molecule has 0 bridgehead atoms. The second-order valence-corrected chi connectivity index (χ2v) is 6.27. The topological polar surface area (TPSA) is 64.1 Å². The SMILES string of the molecule is CCC1CN(CC(=O)N2CCC(C(=O)O)CC2)CCN1C. The lowest BCUT2D eigenvalue weighted by atomic mass is 9.97. The molecule has 1 unspecified atom stereocenters. The Bertz CT molecular complexity index is 380. The molecule has 2 fully saturated rings. The van der Waals surface area contributed by atoms with Gasteiger partial charge < -0.3 is 14.9 Å². The molecule has 2 aliphatic heterocycles. The Morgan fingerprint density at radius 3 is 2.38 bits per heavy atom. The fraction of sp³-hybridized carbons (Fsp3) is 0.867. The van der Waals surface area contributed by atoms with Gasteiger partial charge in [-0.25, -0.2) is 0 Å². The molecule has 1 N–H and O–H groups in total. The summed E-state index contributed by atoms with van der Waals surface area (Å²) in [7, 11) is 2.14. The quantitative estimate of drug-likeness (QED) is 0.810. The molecular formula is C15H27N3O3. The smallest absolute Gasteiger partial charge is 0.306 e. The molecule has 2 heterocycles. The highest BCUT2D eigenvalue weighted by Crippen LogP contribution is 2.18. The predicted octanol–water partition coefficient (Wildman–Crippen LogP) is 0.336. The molecule has 6 heteroatoms. The van der Waals surface area contributed by atoms with E-state index < -0.39 is 5.97 Å². The normalized spacial score (nSPS) is 26.0. The monoisotopic (exact) mass is 297 g/mol. The van der Waals surface area contributed by atoms with E-state index in [2.05, 4.69) is 23.8 Å². The minimum atomic E-state index is -0.730. The number of likely N-dealkylation sites (tertiary alicyclic amines) is 1. The van der Waals surface area contributed by atoms with Gasteiger partial charge in [-0.05, 0) is 26.3 Å². The predicted molar refractivity (Wildman–Crippen MR) is 80.1 cm³/mol. The Morgan fingerprint density at radius 2 is 1.81 bits per heavy atom. The number of likely N-dealkylation sites (N-methyl/N-ethyl adjacent to an activating group) is 1. The first-order valence-corrected chi connectivity index (χ1v) is 7.94. The summed E-state index contributed by atoms with van der Waals surface area (Å²) in [5.74, 6) is -0.854. The molecular weight excluding hydrogens is 270 g/mol. The zero-order valence-electron chi connectivity index (χ0n) is 13.1. The van der Waals surface area contributed by atoms with Crippen molar-refractivity contribution < 1.29 is 14.7 Å². The number of hydrogen-bond donors (Lipinski definition) is 1. The number of carboxylic acid groups (broad SMARTS) is 1. The van der Waals surface area contributed by atoms with Crippen LogP contribution in [0.1, 0.15) is 26.2 Å². The summed E-state index contributed by atoms with van der Waals surface area (Å²) in [5, 5.41) is 8.99. The van der Waals surface area contributed by atoms with Crippen LogP contribution in [0, 0.1) is 5.92 Å². The summed E-state index contributed by atoms with van der Waals surface area (Å²) in [6.07, 6.45) is 2.27. The lowest BCUT2D eigenvalue weighted by Gasteiger charge is -2.40. The number of hydrogen-bond acceptors (Lipinski definition) is 4. The minimum absolute atomic E-state index is 0.151. The van der Waals surface area contributed by atoms with E-state index >= 15 is 0 Å². The Morgan fingerprint density at radius 1 is 1.14 bits per heavy atom. The van der Waals surface area contributed by atoms with Crippen LogP contribution in [-0.4, -0.2) is 84.0 Å². The largest absolute Gasteiger partial charge is 0.481 e. The van der Waals surface area contributed by atoms with Gasteiger partial charge in [0.05, 0.1) is 12.5 Å². The number of carboxylic acids is 1. The van der Waals surface area contributed by atoms with Crippen molar-refractivity contribution in [2.45, 2.75) is 32.2 Å². The first kappa shape index (κ1) is 16.2. The molecule has 0 spiro atoms. The number of carbonyl (C=O) groups is 2. The maximum absolute atomic E-state index is 12.3. The van der Waals surface area contributed by atoms with Crippen LogP contribution in [0.3, 0.4) is 0 Å². The second-order valence-electron chi connectivity index (χ2n) is 6.27. The van der Waals surface area contributed by atoms with Gasteiger partial charge in [0.15, 0.2) is 0 Å². The van der Waals surface area contributed by atoms with E-state index in [-0.39, 0.29) is 11.8 Å². The van der Waals surface area contributed by atoms with E-state index in [1.807, 2.05) is 4.90 Å². The molecule has 2 aliphatic rings. The van der Waals surface area contributed by atoms with Crippen molar-refractivity contribution >= 4 is 11.9 Å². The summed E-state index contributed by atoms with van der Waals surface area (Å²) < 4.78 is 0. The molecule has 0 aliphatic carbocycles. The summed E-state index contributed by atoms with van der Waals surface area (Å²) >= 11 is 0. The second kappa shape index (κ2) is 7.22. The third kappa shape index (κ3) is 4.17. The van der Waals surface area contributed by atoms with Gasteiger partial charge in [-0.15, -0.1) is 0 Å². The van der Waals surface area contributed by atoms with Crippen LogP contribution in [0.15, 0.2) is 0 Å². The van der Waals surface area contributed by atoms with Crippen LogP contribution in [0.4, 0.5) is 0 Å². The minimum Gasteiger partial charge on any atom is -0.481 e. The molecule has 2 rings (SSSR count). The summed E-state index contributed by atoms with van der Waals surface area (Å²) in [5.41, 5.74) is 0. The maximum atomic E-state index is 12.3.